The first kappa shape index (κ1) is 42.8. The number of rotatable bonds is 19. The highest BCUT2D eigenvalue weighted by molar-refractivity contribution is 7.09. The van der Waals surface area contributed by atoms with E-state index in [4.69, 9.17) is 4.74 Å². The number of aromatic nitrogens is 1. The Labute approximate surface area is 313 Å². The normalized spacial score (nSPS) is 18.5. The van der Waals surface area contributed by atoms with Gasteiger partial charge in [0.05, 0.1) is 12.0 Å². The topological polar surface area (TPSA) is 146 Å². The van der Waals surface area contributed by atoms with Gasteiger partial charge in [-0.3, -0.25) is 28.9 Å². The molecule has 1 aromatic carbocycles. The van der Waals surface area contributed by atoms with Gasteiger partial charge < -0.3 is 20.1 Å². The summed E-state index contributed by atoms with van der Waals surface area (Å²) in [7, 11) is 3.74. The molecule has 1 aliphatic heterocycles. The molecule has 0 bridgehead atoms. The average Bonchev–Trinajstić information content (AvgIpc) is 3.59. The number of carbonyl (C=O) groups is 5. The molecule has 52 heavy (non-hydrogen) atoms. The van der Waals surface area contributed by atoms with Gasteiger partial charge in [-0.15, -0.1) is 11.3 Å². The van der Waals surface area contributed by atoms with Crippen molar-refractivity contribution in [3.05, 3.63) is 51.5 Å². The predicted molar refractivity (Wildman–Crippen MR) is 203 cm³/mol. The van der Waals surface area contributed by atoms with Gasteiger partial charge in [0.15, 0.2) is 11.9 Å². The molecule has 2 N–H and O–H groups in total. The number of likely N-dealkylation sites (N-methyl/N-ethyl adjacent to an activating group) is 1. The molecule has 1 saturated heterocycles. The maximum Gasteiger partial charge on any atom is 0.306 e. The summed E-state index contributed by atoms with van der Waals surface area (Å²) in [6.45, 7) is 13.9. The maximum absolute atomic E-state index is 14.2. The van der Waals surface area contributed by atoms with Crippen LogP contribution in [0.2, 0.25) is 0 Å². The van der Waals surface area contributed by atoms with Crippen molar-refractivity contribution in [1.29, 1.82) is 0 Å². The number of amides is 2. The number of ether oxygens (including phenoxy) is 1. The molecule has 11 nitrogen and oxygen atoms in total. The minimum atomic E-state index is -0.939. The molecule has 2 heterocycles. The number of carboxylic acid groups (broad SMARTS) is 1. The number of nitrogens with one attached hydrogen (secondary N) is 1. The van der Waals surface area contributed by atoms with Crippen LogP contribution in [0.1, 0.15) is 119 Å². The van der Waals surface area contributed by atoms with E-state index in [9.17, 15) is 29.1 Å². The van der Waals surface area contributed by atoms with Crippen LogP contribution in [0.4, 0.5) is 0 Å². The molecule has 1 aliphatic rings. The summed E-state index contributed by atoms with van der Waals surface area (Å²) in [5.74, 6) is -3.06. The molecule has 0 unspecified atom stereocenters. The summed E-state index contributed by atoms with van der Waals surface area (Å²) in [5.41, 5.74) is 2.22. The van der Waals surface area contributed by atoms with Crippen molar-refractivity contribution in [2.75, 3.05) is 20.6 Å². The zero-order chi connectivity index (χ0) is 38.7. The van der Waals surface area contributed by atoms with Crippen LogP contribution in [0.15, 0.2) is 29.6 Å². The standard InChI is InChI=1S/C40H60N4O7S/c1-10-26(5)31(21-35(46)33-13-11-12-18-43(33)8)39(48)44(9)34(24(2)3)22-36(51-28(7)45)38-42-32(23-52-38)37(47)41-30(19-27(6)40(49)50)20-29-16-14-25(4)15-17-29/h14-17,23-24,26-27,30-31,33-34,36H,10-13,18-22H2,1-9H3,(H,41,47)(H,49,50)/t26-,27-,30+,31-,33+,34+,36+/m0/s1. The minimum Gasteiger partial charge on any atom is -0.481 e. The van der Waals surface area contributed by atoms with Gasteiger partial charge in [-0.1, -0.05) is 77.3 Å². The molecule has 0 spiro atoms. The zero-order valence-electron chi connectivity index (χ0n) is 32.5. The third-order valence-electron chi connectivity index (χ3n) is 10.6. The molecule has 12 heteroatoms. The molecule has 1 fully saturated rings. The van der Waals surface area contributed by atoms with E-state index in [1.54, 1.807) is 24.3 Å². The summed E-state index contributed by atoms with van der Waals surface area (Å²) >= 11 is 1.20. The third kappa shape index (κ3) is 12.2. The summed E-state index contributed by atoms with van der Waals surface area (Å²) in [6.07, 6.45) is 3.96. The predicted octanol–water partition coefficient (Wildman–Crippen LogP) is 6.49. The van der Waals surface area contributed by atoms with Crippen LogP contribution in [-0.2, 0) is 30.3 Å². The first-order valence-corrected chi connectivity index (χ1v) is 19.6. The number of ketones is 1. The Balaban J connectivity index is 1.81. The van der Waals surface area contributed by atoms with Crippen molar-refractivity contribution in [3.63, 3.8) is 0 Å². The number of thiazole rings is 1. The molecule has 2 amide bonds. The van der Waals surface area contributed by atoms with Crippen LogP contribution in [0, 0.1) is 30.6 Å². The van der Waals surface area contributed by atoms with Crippen LogP contribution in [-0.4, -0.2) is 88.2 Å². The van der Waals surface area contributed by atoms with Gasteiger partial charge in [-0.2, -0.15) is 0 Å². The Hall–Kier alpha value is -3.64. The van der Waals surface area contributed by atoms with E-state index < -0.39 is 41.8 Å². The van der Waals surface area contributed by atoms with E-state index in [0.29, 0.717) is 11.4 Å². The molecule has 3 rings (SSSR count). The van der Waals surface area contributed by atoms with Crippen molar-refractivity contribution < 1.29 is 33.8 Å². The summed E-state index contributed by atoms with van der Waals surface area (Å²) < 4.78 is 5.79. The fraction of sp³-hybridized carbons (Fsp3) is 0.650. The van der Waals surface area contributed by atoms with Gasteiger partial charge in [0.25, 0.3) is 5.91 Å². The lowest BCUT2D eigenvalue weighted by atomic mass is 9.83. The molecule has 2 aromatic rings. The number of hydrogen-bond donors (Lipinski definition) is 2. The minimum absolute atomic E-state index is 0.00164. The first-order valence-electron chi connectivity index (χ1n) is 18.7. The number of likely N-dealkylation sites (tertiary alicyclic amines) is 1. The lowest BCUT2D eigenvalue weighted by Gasteiger charge is -2.37. The van der Waals surface area contributed by atoms with Crippen molar-refractivity contribution >= 4 is 40.9 Å². The summed E-state index contributed by atoms with van der Waals surface area (Å²) in [5, 5.41) is 14.6. The molecule has 0 aliphatic carbocycles. The number of aliphatic carboxylic acids is 1. The number of esters is 1. The molecular weight excluding hydrogens is 681 g/mol. The Morgan fingerprint density at radius 3 is 2.33 bits per heavy atom. The van der Waals surface area contributed by atoms with E-state index >= 15 is 0 Å². The average molecular weight is 741 g/mol. The number of aryl methyl sites for hydroxylation is 1. The number of Topliss-reactive ketones (excluding diaryl/α,β-unsaturated/α-hetero) is 1. The molecule has 7 atom stereocenters. The largest absolute Gasteiger partial charge is 0.481 e. The number of benzene rings is 1. The highest BCUT2D eigenvalue weighted by Gasteiger charge is 2.37. The second-order valence-corrected chi connectivity index (χ2v) is 16.0. The first-order chi connectivity index (χ1) is 24.5. The third-order valence-corrected chi connectivity index (χ3v) is 11.6. The van der Waals surface area contributed by atoms with E-state index in [-0.39, 0.29) is 60.6 Å². The lowest BCUT2D eigenvalue weighted by Crippen LogP contribution is -2.48. The zero-order valence-corrected chi connectivity index (χ0v) is 33.3. The second-order valence-electron chi connectivity index (χ2n) is 15.2. The van der Waals surface area contributed by atoms with Gasteiger partial charge in [0, 0.05) is 50.2 Å². The van der Waals surface area contributed by atoms with E-state index in [2.05, 4.69) is 15.2 Å². The molecule has 0 saturated carbocycles. The monoisotopic (exact) mass is 740 g/mol. The number of nitrogens with zero attached hydrogens (tertiary/aromatic N) is 3. The maximum atomic E-state index is 14.2. The van der Waals surface area contributed by atoms with Crippen LogP contribution in [0.3, 0.4) is 0 Å². The van der Waals surface area contributed by atoms with E-state index in [1.165, 1.54) is 18.3 Å². The van der Waals surface area contributed by atoms with Crippen molar-refractivity contribution in [3.8, 4) is 0 Å². The number of carbonyl (C=O) groups excluding carboxylic acids is 4. The molecule has 0 radical (unpaired) electrons. The number of piperidine rings is 1. The number of carboxylic acids is 1. The Kier molecular flexibility index (Phi) is 16.4. The second kappa shape index (κ2) is 20.0. The molecular formula is C40H60N4O7S. The molecule has 1 aromatic heterocycles. The fourth-order valence-electron chi connectivity index (χ4n) is 7.10. The molecule has 288 valence electrons. The smallest absolute Gasteiger partial charge is 0.306 e. The highest BCUT2D eigenvalue weighted by atomic mass is 32.1. The van der Waals surface area contributed by atoms with Crippen molar-refractivity contribution in [2.24, 2.45) is 23.7 Å². The van der Waals surface area contributed by atoms with Gasteiger partial charge in [-0.05, 0) is 63.6 Å². The quantitative estimate of drug-likeness (QED) is 0.155. The van der Waals surface area contributed by atoms with Gasteiger partial charge in [0.2, 0.25) is 5.91 Å². The van der Waals surface area contributed by atoms with Crippen LogP contribution >= 0.6 is 11.3 Å². The fourth-order valence-corrected chi connectivity index (χ4v) is 7.94. The van der Waals surface area contributed by atoms with E-state index in [0.717, 1.165) is 43.4 Å². The van der Waals surface area contributed by atoms with Gasteiger partial charge in [0.1, 0.15) is 10.7 Å². The van der Waals surface area contributed by atoms with Crippen LogP contribution in [0.25, 0.3) is 0 Å². The van der Waals surface area contributed by atoms with E-state index in [1.807, 2.05) is 65.9 Å². The Bertz CT molecular complexity index is 1510. The summed E-state index contributed by atoms with van der Waals surface area (Å²) in [6, 6.07) is 6.92. The van der Waals surface area contributed by atoms with Crippen molar-refractivity contribution in [1.82, 2.24) is 20.1 Å². The van der Waals surface area contributed by atoms with Gasteiger partial charge >= 0.3 is 11.9 Å². The Morgan fingerprint density at radius 1 is 1.08 bits per heavy atom. The van der Waals surface area contributed by atoms with Crippen LogP contribution in [0.5, 0.6) is 0 Å². The lowest BCUT2D eigenvalue weighted by molar-refractivity contribution is -0.149. The van der Waals surface area contributed by atoms with Gasteiger partial charge in [-0.25, -0.2) is 4.98 Å². The summed E-state index contributed by atoms with van der Waals surface area (Å²) in [4.78, 5) is 73.8. The SMILES string of the molecule is CC[C@H](C)[C@H](CC(=O)[C@H]1CCCCN1C)C(=O)N(C)[C@H](C[C@@H](OC(C)=O)c1nc(C(=O)N[C@@H](Cc2ccc(C)cc2)C[C@H](C)C(=O)O)cs1)C(C)C. The van der Waals surface area contributed by atoms with Crippen LogP contribution < -0.4 is 5.32 Å². The number of hydrogen-bond acceptors (Lipinski definition) is 9. The Morgan fingerprint density at radius 2 is 1.75 bits per heavy atom. The van der Waals surface area contributed by atoms with Crippen molar-refractivity contribution in [2.45, 2.75) is 124 Å². The highest BCUT2D eigenvalue weighted by Crippen LogP contribution is 2.33.